The van der Waals surface area contributed by atoms with Gasteiger partial charge in [0, 0.05) is 11.1 Å². The third-order valence-corrected chi connectivity index (χ3v) is 3.12. The summed E-state index contributed by atoms with van der Waals surface area (Å²) in [5, 5.41) is 6.74. The smallest absolute Gasteiger partial charge is 0.328 e. The van der Waals surface area contributed by atoms with Crippen LogP contribution in [0.3, 0.4) is 0 Å². The minimum atomic E-state index is -0.919. The van der Waals surface area contributed by atoms with Crippen molar-refractivity contribution in [2.24, 2.45) is 5.73 Å². The van der Waals surface area contributed by atoms with E-state index in [0.717, 1.165) is 10.8 Å². The van der Waals surface area contributed by atoms with E-state index in [1.807, 2.05) is 36.4 Å². The molecule has 1 atom stereocenters. The molecule has 0 aliphatic rings. The number of esters is 1. The van der Waals surface area contributed by atoms with Crippen LogP contribution in [0.2, 0.25) is 0 Å². The summed E-state index contributed by atoms with van der Waals surface area (Å²) in [6.45, 7) is 0.961. The zero-order valence-electron chi connectivity index (χ0n) is 12.5. The number of primary amides is 1. The Balaban J connectivity index is 1.94. The van der Waals surface area contributed by atoms with Gasteiger partial charge in [0.1, 0.15) is 6.04 Å². The maximum atomic E-state index is 11.9. The molecule has 0 spiro atoms. The molecule has 0 saturated carbocycles. The Bertz CT molecular complexity index is 740. The molecule has 0 saturated heterocycles. The van der Waals surface area contributed by atoms with Gasteiger partial charge in [0.05, 0.1) is 0 Å². The van der Waals surface area contributed by atoms with Crippen molar-refractivity contribution in [1.82, 2.24) is 5.32 Å². The number of hydrogen-bond donors (Lipinski definition) is 3. The Morgan fingerprint density at radius 2 is 1.83 bits per heavy atom. The van der Waals surface area contributed by atoms with E-state index in [-0.39, 0.29) is 0 Å². The van der Waals surface area contributed by atoms with Gasteiger partial charge in [0.25, 0.3) is 5.91 Å². The molecule has 23 heavy (non-hydrogen) atoms. The summed E-state index contributed by atoms with van der Waals surface area (Å²) in [6, 6.07) is 11.4. The zero-order chi connectivity index (χ0) is 16.8. The van der Waals surface area contributed by atoms with Crippen molar-refractivity contribution in [3.05, 3.63) is 42.5 Å². The van der Waals surface area contributed by atoms with Crippen LogP contribution in [0.1, 0.15) is 6.92 Å². The van der Waals surface area contributed by atoms with Gasteiger partial charge in [-0.2, -0.15) is 0 Å². The average molecular weight is 315 g/mol. The van der Waals surface area contributed by atoms with Gasteiger partial charge in [-0.05, 0) is 18.4 Å². The second kappa shape index (κ2) is 7.26. The highest BCUT2D eigenvalue weighted by Crippen LogP contribution is 2.22. The SMILES string of the molecule is C[C@H](NC(N)=O)C(=O)OCC(=O)Nc1cccc2ccccc12. The number of rotatable bonds is 5. The lowest BCUT2D eigenvalue weighted by Gasteiger charge is -2.12. The fourth-order valence-electron chi connectivity index (χ4n) is 2.05. The molecule has 0 fully saturated rings. The van der Waals surface area contributed by atoms with Crippen molar-refractivity contribution in [3.8, 4) is 0 Å². The molecule has 4 N–H and O–H groups in total. The summed E-state index contributed by atoms with van der Waals surface area (Å²) in [5.74, 6) is -1.21. The molecule has 7 nitrogen and oxygen atoms in total. The normalized spacial score (nSPS) is 11.5. The zero-order valence-corrected chi connectivity index (χ0v) is 12.5. The van der Waals surface area contributed by atoms with Crippen LogP contribution in [0.4, 0.5) is 10.5 Å². The van der Waals surface area contributed by atoms with E-state index in [2.05, 4.69) is 10.6 Å². The van der Waals surface area contributed by atoms with Crippen LogP contribution < -0.4 is 16.4 Å². The highest BCUT2D eigenvalue weighted by atomic mass is 16.5. The topological polar surface area (TPSA) is 111 Å². The molecule has 0 bridgehead atoms. The Labute approximate surface area is 132 Å². The first kappa shape index (κ1) is 16.3. The number of carbonyl (C=O) groups is 3. The minimum absolute atomic E-state index is 0.452. The van der Waals surface area contributed by atoms with Gasteiger partial charge in [-0.3, -0.25) is 4.79 Å². The van der Waals surface area contributed by atoms with Crippen molar-refractivity contribution in [2.75, 3.05) is 11.9 Å². The van der Waals surface area contributed by atoms with Crippen LogP contribution in [-0.2, 0) is 14.3 Å². The van der Waals surface area contributed by atoms with Crippen LogP contribution in [0, 0.1) is 0 Å². The Kier molecular flexibility index (Phi) is 5.14. The van der Waals surface area contributed by atoms with Gasteiger partial charge < -0.3 is 21.1 Å². The number of benzene rings is 2. The molecule has 120 valence electrons. The highest BCUT2D eigenvalue weighted by Gasteiger charge is 2.17. The van der Waals surface area contributed by atoms with Crippen LogP contribution >= 0.6 is 0 Å². The maximum absolute atomic E-state index is 11.9. The summed E-state index contributed by atoms with van der Waals surface area (Å²) in [4.78, 5) is 34.1. The second-order valence-corrected chi connectivity index (χ2v) is 4.91. The number of nitrogens with two attached hydrogens (primary N) is 1. The first-order valence-corrected chi connectivity index (χ1v) is 6.97. The number of anilines is 1. The third-order valence-electron chi connectivity index (χ3n) is 3.12. The Hall–Kier alpha value is -3.09. The summed E-state index contributed by atoms with van der Waals surface area (Å²) >= 11 is 0. The predicted octanol–water partition coefficient (Wildman–Crippen LogP) is 1.38. The third kappa shape index (κ3) is 4.44. The van der Waals surface area contributed by atoms with Crippen molar-refractivity contribution in [2.45, 2.75) is 13.0 Å². The van der Waals surface area contributed by atoms with Gasteiger partial charge >= 0.3 is 12.0 Å². The van der Waals surface area contributed by atoms with Crippen LogP contribution in [0.25, 0.3) is 10.8 Å². The molecule has 0 radical (unpaired) electrons. The van der Waals surface area contributed by atoms with Gasteiger partial charge in [0.15, 0.2) is 6.61 Å². The first-order chi connectivity index (χ1) is 11.0. The molecular formula is C16H17N3O4. The number of fused-ring (bicyclic) bond motifs is 1. The van der Waals surface area contributed by atoms with Crippen molar-refractivity contribution < 1.29 is 19.1 Å². The molecule has 0 aliphatic heterocycles. The number of nitrogens with one attached hydrogen (secondary N) is 2. The van der Waals surface area contributed by atoms with E-state index < -0.39 is 30.6 Å². The van der Waals surface area contributed by atoms with Gasteiger partial charge in [-0.15, -0.1) is 0 Å². The minimum Gasteiger partial charge on any atom is -0.454 e. The summed E-state index contributed by atoms with van der Waals surface area (Å²) in [6.07, 6.45) is 0. The molecule has 0 unspecified atom stereocenters. The van der Waals surface area contributed by atoms with E-state index in [1.54, 1.807) is 6.07 Å². The number of hydrogen-bond acceptors (Lipinski definition) is 4. The number of ether oxygens (including phenoxy) is 1. The monoisotopic (exact) mass is 315 g/mol. The number of urea groups is 1. The molecule has 0 heterocycles. The molecule has 2 rings (SSSR count). The standard InChI is InChI=1S/C16H17N3O4/c1-10(18-16(17)22)15(21)23-9-14(20)19-13-8-4-6-11-5-2-3-7-12(11)13/h2-8,10H,9H2,1H3,(H,19,20)(H3,17,18,22)/t10-/m0/s1. The molecule has 2 aromatic carbocycles. The van der Waals surface area contributed by atoms with Crippen LogP contribution in [0.15, 0.2) is 42.5 Å². The van der Waals surface area contributed by atoms with Crippen LogP contribution in [0.5, 0.6) is 0 Å². The maximum Gasteiger partial charge on any atom is 0.328 e. The lowest BCUT2D eigenvalue weighted by molar-refractivity contribution is -0.148. The molecule has 2 aromatic rings. The van der Waals surface area contributed by atoms with E-state index in [4.69, 9.17) is 10.5 Å². The van der Waals surface area contributed by atoms with E-state index in [1.165, 1.54) is 6.92 Å². The van der Waals surface area contributed by atoms with Gasteiger partial charge in [-0.1, -0.05) is 36.4 Å². The van der Waals surface area contributed by atoms with E-state index in [9.17, 15) is 14.4 Å². The number of carbonyl (C=O) groups excluding carboxylic acids is 3. The van der Waals surface area contributed by atoms with Crippen LogP contribution in [-0.4, -0.2) is 30.6 Å². The molecule has 7 heteroatoms. The lowest BCUT2D eigenvalue weighted by atomic mass is 10.1. The fraction of sp³-hybridized carbons (Fsp3) is 0.188. The van der Waals surface area contributed by atoms with Gasteiger partial charge in [0.2, 0.25) is 0 Å². The second-order valence-electron chi connectivity index (χ2n) is 4.91. The van der Waals surface area contributed by atoms with E-state index >= 15 is 0 Å². The van der Waals surface area contributed by atoms with Crippen molar-refractivity contribution in [1.29, 1.82) is 0 Å². The average Bonchev–Trinajstić information content (AvgIpc) is 2.52. The molecular weight excluding hydrogens is 298 g/mol. The molecule has 0 aliphatic carbocycles. The quantitative estimate of drug-likeness (QED) is 0.724. The van der Waals surface area contributed by atoms with Crippen molar-refractivity contribution in [3.63, 3.8) is 0 Å². The highest BCUT2D eigenvalue weighted by molar-refractivity contribution is 6.02. The van der Waals surface area contributed by atoms with Crippen molar-refractivity contribution >= 4 is 34.4 Å². The fourth-order valence-corrected chi connectivity index (χ4v) is 2.05. The largest absolute Gasteiger partial charge is 0.454 e. The molecule has 3 amide bonds. The lowest BCUT2D eigenvalue weighted by Crippen LogP contribution is -2.43. The number of amides is 3. The summed E-state index contributed by atoms with van der Waals surface area (Å²) < 4.78 is 4.83. The summed E-state index contributed by atoms with van der Waals surface area (Å²) in [7, 11) is 0. The summed E-state index contributed by atoms with van der Waals surface area (Å²) in [5.41, 5.74) is 5.54. The van der Waals surface area contributed by atoms with E-state index in [0.29, 0.717) is 5.69 Å². The molecule has 0 aromatic heterocycles. The Morgan fingerprint density at radius 3 is 2.57 bits per heavy atom. The van der Waals surface area contributed by atoms with Gasteiger partial charge in [-0.25, -0.2) is 9.59 Å². The predicted molar refractivity (Wildman–Crippen MR) is 85.7 cm³/mol. The Morgan fingerprint density at radius 1 is 1.13 bits per heavy atom. The first-order valence-electron chi connectivity index (χ1n) is 6.97.